The number of benzene rings is 1. The summed E-state index contributed by atoms with van der Waals surface area (Å²) in [5, 5.41) is 8.98. The van der Waals surface area contributed by atoms with E-state index in [1.165, 1.54) is 25.1 Å². The molecule has 0 saturated heterocycles. The van der Waals surface area contributed by atoms with E-state index in [4.69, 9.17) is 14.6 Å². The molecule has 108 valence electrons. The van der Waals surface area contributed by atoms with Gasteiger partial charge in [-0.25, -0.2) is 9.59 Å². The van der Waals surface area contributed by atoms with Gasteiger partial charge in [0.25, 0.3) is 0 Å². The number of carbonyl (C=O) groups excluding carboxylic acids is 2. The van der Waals surface area contributed by atoms with Crippen LogP contribution in [-0.4, -0.2) is 35.2 Å². The molecule has 0 aliphatic heterocycles. The standard InChI is InChI=1S/C14H16O6/c1-9(15)20-14(2,3)8-19-13(18)11-7-5-4-6-10(11)12(16)17/h4-7H,8H2,1-3H3,(H,16,17). The lowest BCUT2D eigenvalue weighted by atomic mass is 10.1. The molecule has 0 aliphatic carbocycles. The summed E-state index contributed by atoms with van der Waals surface area (Å²) < 4.78 is 9.97. The van der Waals surface area contributed by atoms with Gasteiger partial charge in [-0.15, -0.1) is 0 Å². The van der Waals surface area contributed by atoms with Crippen molar-refractivity contribution in [3.8, 4) is 0 Å². The lowest BCUT2D eigenvalue weighted by molar-refractivity contribution is -0.157. The van der Waals surface area contributed by atoms with E-state index in [9.17, 15) is 14.4 Å². The Morgan fingerprint density at radius 1 is 1.15 bits per heavy atom. The third-order valence-electron chi connectivity index (χ3n) is 2.35. The van der Waals surface area contributed by atoms with Crippen molar-refractivity contribution in [2.75, 3.05) is 6.61 Å². The summed E-state index contributed by atoms with van der Waals surface area (Å²) in [5.74, 6) is -2.47. The fourth-order valence-electron chi connectivity index (χ4n) is 1.58. The minimum atomic E-state index is -1.21. The van der Waals surface area contributed by atoms with E-state index in [0.29, 0.717) is 0 Å². The lowest BCUT2D eigenvalue weighted by Crippen LogP contribution is -2.34. The van der Waals surface area contributed by atoms with Gasteiger partial charge in [-0.05, 0) is 26.0 Å². The van der Waals surface area contributed by atoms with Crippen LogP contribution in [0.1, 0.15) is 41.5 Å². The predicted octanol–water partition coefficient (Wildman–Crippen LogP) is 1.88. The van der Waals surface area contributed by atoms with Crippen LogP contribution in [0.4, 0.5) is 0 Å². The lowest BCUT2D eigenvalue weighted by Gasteiger charge is -2.23. The maximum atomic E-state index is 11.9. The van der Waals surface area contributed by atoms with E-state index in [1.807, 2.05) is 0 Å². The van der Waals surface area contributed by atoms with E-state index < -0.39 is 23.5 Å². The zero-order valence-electron chi connectivity index (χ0n) is 11.5. The van der Waals surface area contributed by atoms with Crippen molar-refractivity contribution in [3.05, 3.63) is 35.4 Å². The van der Waals surface area contributed by atoms with Gasteiger partial charge < -0.3 is 14.6 Å². The molecule has 0 unspecified atom stereocenters. The molecule has 0 heterocycles. The number of aromatic carboxylic acids is 1. The highest BCUT2D eigenvalue weighted by Gasteiger charge is 2.25. The Bertz CT molecular complexity index is 532. The summed E-state index contributed by atoms with van der Waals surface area (Å²) in [6, 6.07) is 5.74. The van der Waals surface area contributed by atoms with Crippen LogP contribution in [0.25, 0.3) is 0 Å². The number of esters is 2. The summed E-state index contributed by atoms with van der Waals surface area (Å²) >= 11 is 0. The third-order valence-corrected chi connectivity index (χ3v) is 2.35. The molecule has 0 aliphatic rings. The van der Waals surface area contributed by atoms with Crippen LogP contribution < -0.4 is 0 Å². The van der Waals surface area contributed by atoms with Crippen LogP contribution in [0.2, 0.25) is 0 Å². The first kappa shape index (κ1) is 15.7. The normalized spacial score (nSPS) is 10.8. The van der Waals surface area contributed by atoms with Crippen LogP contribution in [-0.2, 0) is 14.3 Å². The predicted molar refractivity (Wildman–Crippen MR) is 69.5 cm³/mol. The van der Waals surface area contributed by atoms with E-state index in [1.54, 1.807) is 19.9 Å². The van der Waals surface area contributed by atoms with Gasteiger partial charge in [0, 0.05) is 6.92 Å². The molecule has 0 fully saturated rings. The second-order valence-corrected chi connectivity index (χ2v) is 4.78. The molecule has 0 radical (unpaired) electrons. The molecule has 0 saturated carbocycles. The highest BCUT2D eigenvalue weighted by atomic mass is 16.6. The number of carboxylic acids is 1. The number of rotatable bonds is 5. The minimum Gasteiger partial charge on any atom is -0.478 e. The molecule has 0 aromatic heterocycles. The summed E-state index contributed by atoms with van der Waals surface area (Å²) in [6.45, 7) is 4.26. The summed E-state index contributed by atoms with van der Waals surface area (Å²) in [4.78, 5) is 33.7. The summed E-state index contributed by atoms with van der Waals surface area (Å²) in [6.07, 6.45) is 0. The van der Waals surface area contributed by atoms with E-state index in [-0.39, 0.29) is 17.7 Å². The quantitative estimate of drug-likeness (QED) is 0.828. The Kier molecular flexibility index (Phi) is 4.85. The second kappa shape index (κ2) is 6.18. The molecule has 0 bridgehead atoms. The van der Waals surface area contributed by atoms with Gasteiger partial charge >= 0.3 is 17.9 Å². The van der Waals surface area contributed by atoms with E-state index in [0.717, 1.165) is 0 Å². The molecule has 6 heteroatoms. The average molecular weight is 280 g/mol. The van der Waals surface area contributed by atoms with Crippen molar-refractivity contribution >= 4 is 17.9 Å². The molecule has 1 aromatic rings. The number of carboxylic acid groups (broad SMARTS) is 1. The van der Waals surface area contributed by atoms with Gasteiger partial charge in [-0.1, -0.05) is 12.1 Å². The summed E-state index contributed by atoms with van der Waals surface area (Å²) in [7, 11) is 0. The second-order valence-electron chi connectivity index (χ2n) is 4.78. The van der Waals surface area contributed by atoms with Crippen molar-refractivity contribution < 1.29 is 29.0 Å². The molecular weight excluding hydrogens is 264 g/mol. The molecule has 6 nitrogen and oxygen atoms in total. The number of ether oxygens (including phenoxy) is 2. The molecule has 0 spiro atoms. The van der Waals surface area contributed by atoms with Crippen molar-refractivity contribution in [3.63, 3.8) is 0 Å². The Labute approximate surface area is 116 Å². The Morgan fingerprint density at radius 3 is 2.20 bits per heavy atom. The van der Waals surface area contributed by atoms with Gasteiger partial charge in [-0.2, -0.15) is 0 Å². The fraction of sp³-hybridized carbons (Fsp3) is 0.357. The topological polar surface area (TPSA) is 89.9 Å². The van der Waals surface area contributed by atoms with Crippen molar-refractivity contribution in [1.29, 1.82) is 0 Å². The maximum absolute atomic E-state index is 11.9. The third kappa shape index (κ3) is 4.38. The fourth-order valence-corrected chi connectivity index (χ4v) is 1.58. The first-order valence-corrected chi connectivity index (χ1v) is 5.92. The average Bonchev–Trinajstić information content (AvgIpc) is 2.34. The molecule has 1 N–H and O–H groups in total. The van der Waals surface area contributed by atoms with E-state index >= 15 is 0 Å². The molecule has 20 heavy (non-hydrogen) atoms. The van der Waals surface area contributed by atoms with Crippen molar-refractivity contribution in [1.82, 2.24) is 0 Å². The first-order chi connectivity index (χ1) is 9.23. The van der Waals surface area contributed by atoms with Gasteiger partial charge in [-0.3, -0.25) is 4.79 Å². The smallest absolute Gasteiger partial charge is 0.339 e. The number of carbonyl (C=O) groups is 3. The van der Waals surface area contributed by atoms with Gasteiger partial charge in [0.15, 0.2) is 0 Å². The largest absolute Gasteiger partial charge is 0.478 e. The van der Waals surface area contributed by atoms with Gasteiger partial charge in [0.2, 0.25) is 0 Å². The maximum Gasteiger partial charge on any atom is 0.339 e. The molecule has 1 rings (SSSR count). The zero-order chi connectivity index (χ0) is 15.3. The van der Waals surface area contributed by atoms with Crippen LogP contribution >= 0.6 is 0 Å². The molecular formula is C14H16O6. The monoisotopic (exact) mass is 280 g/mol. The van der Waals surface area contributed by atoms with Crippen LogP contribution in [0.5, 0.6) is 0 Å². The van der Waals surface area contributed by atoms with E-state index in [2.05, 4.69) is 0 Å². The van der Waals surface area contributed by atoms with Gasteiger partial charge in [0.1, 0.15) is 12.2 Å². The number of hydrogen-bond donors (Lipinski definition) is 1. The first-order valence-electron chi connectivity index (χ1n) is 5.92. The molecule has 1 aromatic carbocycles. The molecule has 0 atom stereocenters. The Morgan fingerprint density at radius 2 is 1.70 bits per heavy atom. The van der Waals surface area contributed by atoms with Crippen molar-refractivity contribution in [2.45, 2.75) is 26.4 Å². The zero-order valence-corrected chi connectivity index (χ0v) is 11.5. The minimum absolute atomic E-state index is 0.0429. The van der Waals surface area contributed by atoms with Crippen LogP contribution in [0.15, 0.2) is 24.3 Å². The number of hydrogen-bond acceptors (Lipinski definition) is 5. The summed E-state index contributed by atoms with van der Waals surface area (Å²) in [5.41, 5.74) is -1.15. The highest BCUT2D eigenvalue weighted by Crippen LogP contribution is 2.14. The van der Waals surface area contributed by atoms with Gasteiger partial charge in [0.05, 0.1) is 11.1 Å². The Balaban J connectivity index is 2.78. The highest BCUT2D eigenvalue weighted by molar-refractivity contribution is 6.02. The van der Waals surface area contributed by atoms with Crippen LogP contribution in [0.3, 0.4) is 0 Å². The van der Waals surface area contributed by atoms with Crippen LogP contribution in [0, 0.1) is 0 Å². The Hall–Kier alpha value is -2.37. The SMILES string of the molecule is CC(=O)OC(C)(C)COC(=O)c1ccccc1C(=O)O. The van der Waals surface area contributed by atoms with Crippen molar-refractivity contribution in [2.24, 2.45) is 0 Å². The molecule has 0 amide bonds.